The molecule has 0 atom stereocenters. The fourth-order valence-electron chi connectivity index (χ4n) is 2.21. The molecule has 0 saturated carbocycles. The third-order valence-corrected chi connectivity index (χ3v) is 3.70. The molecule has 106 valence electrons. The molecule has 2 aromatic carbocycles. The lowest BCUT2D eigenvalue weighted by atomic mass is 10.0. The molecule has 0 unspecified atom stereocenters. The Morgan fingerprint density at radius 3 is 2.25 bits per heavy atom. The maximum atomic E-state index is 6.37. The summed E-state index contributed by atoms with van der Waals surface area (Å²) in [5.41, 5.74) is 3.55. The fourth-order valence-corrected chi connectivity index (χ4v) is 2.48. The third kappa shape index (κ3) is 3.77. The lowest BCUT2D eigenvalue weighted by Gasteiger charge is -2.08. The van der Waals surface area contributed by atoms with Crippen molar-refractivity contribution in [1.82, 2.24) is 0 Å². The molecule has 20 heavy (non-hydrogen) atoms. The van der Waals surface area contributed by atoms with E-state index in [4.69, 9.17) is 16.3 Å². The monoisotopic (exact) mass is 288 g/mol. The fraction of sp³-hybridized carbons (Fsp3) is 0.333. The van der Waals surface area contributed by atoms with Crippen LogP contribution in [0.1, 0.15) is 32.3 Å². The van der Waals surface area contributed by atoms with Crippen LogP contribution in [-0.4, -0.2) is 6.61 Å². The minimum atomic E-state index is 0.692. The molecular weight excluding hydrogens is 268 g/mol. The molecule has 0 aliphatic heterocycles. The number of hydrogen-bond acceptors (Lipinski definition) is 1. The second-order valence-electron chi connectivity index (χ2n) is 4.87. The molecule has 0 saturated heterocycles. The Balaban J connectivity index is 2.18. The van der Waals surface area contributed by atoms with Crippen molar-refractivity contribution in [3.05, 3.63) is 53.1 Å². The zero-order valence-corrected chi connectivity index (χ0v) is 12.9. The summed E-state index contributed by atoms with van der Waals surface area (Å²) in [5.74, 6) is 0.905. The first-order valence-electron chi connectivity index (χ1n) is 7.26. The van der Waals surface area contributed by atoms with Crippen molar-refractivity contribution >= 4 is 11.6 Å². The van der Waals surface area contributed by atoms with Crippen LogP contribution in [0, 0.1) is 0 Å². The summed E-state index contributed by atoms with van der Waals surface area (Å²) in [6.45, 7) is 4.88. The first kappa shape index (κ1) is 14.9. The lowest BCUT2D eigenvalue weighted by molar-refractivity contribution is 0.340. The van der Waals surface area contributed by atoms with Crippen LogP contribution >= 0.6 is 11.6 Å². The summed E-state index contributed by atoms with van der Waals surface area (Å²) in [4.78, 5) is 0. The summed E-state index contributed by atoms with van der Waals surface area (Å²) in [6, 6.07) is 14.5. The van der Waals surface area contributed by atoms with Gasteiger partial charge in [0.1, 0.15) is 5.75 Å². The predicted octanol–water partition coefficient (Wildman–Crippen LogP) is 5.75. The number of hydrogen-bond donors (Lipinski definition) is 0. The highest BCUT2D eigenvalue weighted by molar-refractivity contribution is 6.31. The third-order valence-electron chi connectivity index (χ3n) is 3.35. The first-order valence-corrected chi connectivity index (χ1v) is 7.64. The number of halogens is 1. The summed E-state index contributed by atoms with van der Waals surface area (Å²) < 4.78 is 5.46. The van der Waals surface area contributed by atoms with Gasteiger partial charge in [0.25, 0.3) is 0 Å². The summed E-state index contributed by atoms with van der Waals surface area (Å²) in [7, 11) is 0. The van der Waals surface area contributed by atoms with Gasteiger partial charge >= 0.3 is 0 Å². The van der Waals surface area contributed by atoms with Gasteiger partial charge in [-0.2, -0.15) is 0 Å². The number of ether oxygens (including phenoxy) is 1. The van der Waals surface area contributed by atoms with Gasteiger partial charge in [0, 0.05) is 5.02 Å². The number of aryl methyl sites for hydroxylation is 1. The second kappa shape index (κ2) is 7.35. The van der Waals surface area contributed by atoms with Crippen LogP contribution < -0.4 is 4.74 Å². The van der Waals surface area contributed by atoms with E-state index in [9.17, 15) is 0 Å². The largest absolute Gasteiger partial charge is 0.494 e. The summed E-state index contributed by atoms with van der Waals surface area (Å²) >= 11 is 6.37. The van der Waals surface area contributed by atoms with Crippen molar-refractivity contribution in [3.63, 3.8) is 0 Å². The molecule has 0 radical (unpaired) electrons. The molecule has 0 N–H and O–H groups in total. The molecule has 0 amide bonds. The van der Waals surface area contributed by atoms with Crippen molar-refractivity contribution < 1.29 is 4.74 Å². The highest BCUT2D eigenvalue weighted by Crippen LogP contribution is 2.28. The molecule has 2 rings (SSSR count). The van der Waals surface area contributed by atoms with E-state index < -0.39 is 0 Å². The zero-order valence-electron chi connectivity index (χ0n) is 12.2. The normalized spacial score (nSPS) is 10.6. The van der Waals surface area contributed by atoms with Gasteiger partial charge in [0.2, 0.25) is 0 Å². The Morgan fingerprint density at radius 2 is 1.65 bits per heavy atom. The van der Waals surface area contributed by atoms with Crippen LogP contribution in [0.5, 0.6) is 5.75 Å². The molecule has 0 aliphatic rings. The molecule has 0 heterocycles. The van der Waals surface area contributed by atoms with Crippen molar-refractivity contribution in [2.75, 3.05) is 6.61 Å². The maximum absolute atomic E-state index is 6.37. The van der Waals surface area contributed by atoms with Crippen LogP contribution in [0.3, 0.4) is 0 Å². The van der Waals surface area contributed by atoms with E-state index >= 15 is 0 Å². The maximum Gasteiger partial charge on any atom is 0.119 e. The van der Waals surface area contributed by atoms with E-state index in [1.807, 2.05) is 19.1 Å². The molecule has 2 aromatic rings. The Labute approximate surface area is 126 Å². The molecule has 0 spiro atoms. The summed E-state index contributed by atoms with van der Waals surface area (Å²) in [6.07, 6.45) is 3.43. The highest BCUT2D eigenvalue weighted by atomic mass is 35.5. The lowest BCUT2D eigenvalue weighted by Crippen LogP contribution is -1.91. The molecule has 0 aromatic heterocycles. The van der Waals surface area contributed by atoms with Crippen molar-refractivity contribution in [2.45, 2.75) is 33.1 Å². The van der Waals surface area contributed by atoms with Crippen molar-refractivity contribution in [3.8, 4) is 16.9 Å². The van der Waals surface area contributed by atoms with Gasteiger partial charge in [-0.25, -0.2) is 0 Å². The molecule has 2 heteroatoms. The van der Waals surface area contributed by atoms with Gasteiger partial charge < -0.3 is 4.74 Å². The smallest absolute Gasteiger partial charge is 0.119 e. The minimum absolute atomic E-state index is 0.692. The first-order chi connectivity index (χ1) is 9.74. The van der Waals surface area contributed by atoms with Crippen molar-refractivity contribution in [1.29, 1.82) is 0 Å². The van der Waals surface area contributed by atoms with Crippen LogP contribution in [0.2, 0.25) is 5.02 Å². The van der Waals surface area contributed by atoms with E-state index in [2.05, 4.69) is 37.3 Å². The Kier molecular flexibility index (Phi) is 5.49. The average Bonchev–Trinajstić information content (AvgIpc) is 2.47. The van der Waals surface area contributed by atoms with Crippen molar-refractivity contribution in [2.24, 2.45) is 0 Å². The topological polar surface area (TPSA) is 9.23 Å². The van der Waals surface area contributed by atoms with Gasteiger partial charge in [0.15, 0.2) is 0 Å². The van der Waals surface area contributed by atoms with Gasteiger partial charge in [0.05, 0.1) is 6.61 Å². The van der Waals surface area contributed by atoms with Crippen LogP contribution in [0.4, 0.5) is 0 Å². The molecule has 0 fully saturated rings. The Bertz CT molecular complexity index is 546. The standard InChI is InChI=1S/C18H21ClO/c1-3-5-6-15-7-8-16(13-18(15)19)14-9-11-17(12-10-14)20-4-2/h7-13H,3-6H2,1-2H3. The molecule has 0 bridgehead atoms. The van der Waals surface area contributed by atoms with Gasteiger partial charge in [-0.3, -0.25) is 0 Å². The summed E-state index contributed by atoms with van der Waals surface area (Å²) in [5, 5.41) is 0.866. The molecule has 1 nitrogen and oxygen atoms in total. The highest BCUT2D eigenvalue weighted by Gasteiger charge is 2.04. The van der Waals surface area contributed by atoms with E-state index in [1.165, 1.54) is 18.4 Å². The quantitative estimate of drug-likeness (QED) is 0.658. The van der Waals surface area contributed by atoms with Gasteiger partial charge in [-0.05, 0) is 54.7 Å². The van der Waals surface area contributed by atoms with Gasteiger partial charge in [-0.1, -0.05) is 49.2 Å². The van der Waals surface area contributed by atoms with E-state index in [0.717, 1.165) is 28.3 Å². The minimum Gasteiger partial charge on any atom is -0.494 e. The predicted molar refractivity (Wildman–Crippen MR) is 86.7 cm³/mol. The Morgan fingerprint density at radius 1 is 0.950 bits per heavy atom. The zero-order chi connectivity index (χ0) is 14.4. The molecule has 0 aliphatic carbocycles. The van der Waals surface area contributed by atoms with Crippen LogP contribution in [0.15, 0.2) is 42.5 Å². The van der Waals surface area contributed by atoms with Crippen LogP contribution in [-0.2, 0) is 6.42 Å². The number of benzene rings is 2. The van der Waals surface area contributed by atoms with Gasteiger partial charge in [-0.15, -0.1) is 0 Å². The van der Waals surface area contributed by atoms with E-state index in [-0.39, 0.29) is 0 Å². The Hall–Kier alpha value is -1.47. The number of rotatable bonds is 6. The van der Waals surface area contributed by atoms with E-state index in [1.54, 1.807) is 0 Å². The average molecular weight is 289 g/mol. The second-order valence-corrected chi connectivity index (χ2v) is 5.27. The number of unbranched alkanes of at least 4 members (excludes halogenated alkanes) is 1. The SMILES string of the molecule is CCCCc1ccc(-c2ccc(OCC)cc2)cc1Cl. The van der Waals surface area contributed by atoms with E-state index in [0.29, 0.717) is 6.61 Å². The molecular formula is C18H21ClO. The van der Waals surface area contributed by atoms with Crippen LogP contribution in [0.25, 0.3) is 11.1 Å².